The van der Waals surface area contributed by atoms with Crippen molar-refractivity contribution in [2.45, 2.75) is 51.7 Å². The highest BCUT2D eigenvalue weighted by Gasteiger charge is 2.21. The fraction of sp³-hybridized carbons (Fsp3) is 1.00. The second kappa shape index (κ2) is 6.38. The Kier molecular flexibility index (Phi) is 6.33. The van der Waals surface area contributed by atoms with Gasteiger partial charge in [-0.2, -0.15) is 0 Å². The van der Waals surface area contributed by atoms with Gasteiger partial charge in [0, 0.05) is 12.6 Å². The van der Waals surface area contributed by atoms with Crippen LogP contribution in [0.2, 0.25) is 0 Å². The summed E-state index contributed by atoms with van der Waals surface area (Å²) in [6.45, 7) is 7.73. The Labute approximate surface area is 88.3 Å². The van der Waals surface area contributed by atoms with E-state index in [1.165, 1.54) is 0 Å². The number of aliphatic hydroxyl groups is 1. The third-order valence-corrected chi connectivity index (χ3v) is 3.07. The average Bonchev–Trinajstić information content (AvgIpc) is 2.17. The molecule has 0 aliphatic carbocycles. The monoisotopic (exact) mass is 202 g/mol. The van der Waals surface area contributed by atoms with Gasteiger partial charge in [-0.05, 0) is 46.7 Å². The summed E-state index contributed by atoms with van der Waals surface area (Å²) in [5.74, 6) is 0. The van der Waals surface area contributed by atoms with E-state index in [1.807, 2.05) is 6.92 Å². The highest BCUT2D eigenvalue weighted by Crippen LogP contribution is 2.15. The van der Waals surface area contributed by atoms with Gasteiger partial charge in [-0.25, -0.2) is 0 Å². The van der Waals surface area contributed by atoms with Gasteiger partial charge in [-0.1, -0.05) is 6.92 Å². The Morgan fingerprint density at radius 2 is 2.00 bits per heavy atom. The number of hydrogen-bond donors (Lipinski definition) is 2. The molecular formula is C11H26N2O. The standard InChI is InChI=1S/C11H26N2O/c1-5-11(14,9-12)7-6-8-13(4)10(2)3/h10,14H,5-9,12H2,1-4H3. The van der Waals surface area contributed by atoms with Crippen LogP contribution >= 0.6 is 0 Å². The van der Waals surface area contributed by atoms with Crippen LogP contribution in [-0.2, 0) is 0 Å². The van der Waals surface area contributed by atoms with Crippen molar-refractivity contribution < 1.29 is 5.11 Å². The fourth-order valence-corrected chi connectivity index (χ4v) is 1.34. The lowest BCUT2D eigenvalue weighted by Crippen LogP contribution is -2.38. The van der Waals surface area contributed by atoms with Crippen LogP contribution in [0.3, 0.4) is 0 Å². The van der Waals surface area contributed by atoms with Gasteiger partial charge in [-0.3, -0.25) is 0 Å². The van der Waals surface area contributed by atoms with Crippen LogP contribution in [0.5, 0.6) is 0 Å². The largest absolute Gasteiger partial charge is 0.389 e. The zero-order valence-electron chi connectivity index (χ0n) is 10.1. The summed E-state index contributed by atoms with van der Waals surface area (Å²) in [5.41, 5.74) is 4.89. The Morgan fingerprint density at radius 3 is 2.36 bits per heavy atom. The summed E-state index contributed by atoms with van der Waals surface area (Å²) < 4.78 is 0. The van der Waals surface area contributed by atoms with Crippen molar-refractivity contribution in [2.24, 2.45) is 5.73 Å². The molecule has 0 spiro atoms. The fourth-order valence-electron chi connectivity index (χ4n) is 1.34. The maximum absolute atomic E-state index is 9.94. The van der Waals surface area contributed by atoms with E-state index in [1.54, 1.807) is 0 Å². The van der Waals surface area contributed by atoms with Crippen molar-refractivity contribution in [3.8, 4) is 0 Å². The quantitative estimate of drug-likeness (QED) is 0.652. The maximum atomic E-state index is 9.94. The molecule has 14 heavy (non-hydrogen) atoms. The highest BCUT2D eigenvalue weighted by molar-refractivity contribution is 4.78. The summed E-state index contributed by atoms with van der Waals surface area (Å²) in [5, 5.41) is 9.94. The van der Waals surface area contributed by atoms with Crippen LogP contribution in [0, 0.1) is 0 Å². The summed E-state index contributed by atoms with van der Waals surface area (Å²) >= 11 is 0. The van der Waals surface area contributed by atoms with Gasteiger partial charge >= 0.3 is 0 Å². The topological polar surface area (TPSA) is 49.5 Å². The molecule has 0 aliphatic rings. The van der Waals surface area contributed by atoms with Gasteiger partial charge < -0.3 is 15.7 Å². The summed E-state index contributed by atoms with van der Waals surface area (Å²) in [6.07, 6.45) is 2.56. The normalized spacial score (nSPS) is 16.3. The molecule has 0 saturated heterocycles. The minimum Gasteiger partial charge on any atom is -0.389 e. The van der Waals surface area contributed by atoms with E-state index in [2.05, 4.69) is 25.8 Å². The molecule has 0 rings (SSSR count). The molecule has 1 unspecified atom stereocenters. The highest BCUT2D eigenvalue weighted by atomic mass is 16.3. The first-order valence-electron chi connectivity index (χ1n) is 5.58. The molecule has 0 bridgehead atoms. The van der Waals surface area contributed by atoms with Crippen LogP contribution in [0.15, 0.2) is 0 Å². The zero-order chi connectivity index (χ0) is 11.2. The molecule has 0 aromatic rings. The van der Waals surface area contributed by atoms with E-state index in [9.17, 15) is 5.11 Å². The number of hydrogen-bond acceptors (Lipinski definition) is 3. The SMILES string of the molecule is CCC(O)(CN)CCCN(C)C(C)C. The van der Waals surface area contributed by atoms with Crippen molar-refractivity contribution in [1.82, 2.24) is 4.90 Å². The van der Waals surface area contributed by atoms with Crippen LogP contribution in [0.1, 0.15) is 40.0 Å². The molecule has 3 nitrogen and oxygen atoms in total. The van der Waals surface area contributed by atoms with E-state index in [0.29, 0.717) is 12.6 Å². The van der Waals surface area contributed by atoms with E-state index in [4.69, 9.17) is 5.73 Å². The molecule has 0 fully saturated rings. The molecule has 0 aromatic carbocycles. The first-order valence-corrected chi connectivity index (χ1v) is 5.58. The first kappa shape index (κ1) is 13.9. The van der Waals surface area contributed by atoms with Crippen molar-refractivity contribution in [3.05, 3.63) is 0 Å². The van der Waals surface area contributed by atoms with E-state index in [-0.39, 0.29) is 0 Å². The number of nitrogens with zero attached hydrogens (tertiary/aromatic N) is 1. The molecule has 0 heterocycles. The van der Waals surface area contributed by atoms with Gasteiger partial charge in [0.25, 0.3) is 0 Å². The third-order valence-electron chi connectivity index (χ3n) is 3.07. The van der Waals surface area contributed by atoms with Crippen LogP contribution in [-0.4, -0.2) is 41.8 Å². The van der Waals surface area contributed by atoms with Crippen LogP contribution in [0.4, 0.5) is 0 Å². The summed E-state index contributed by atoms with van der Waals surface area (Å²) in [6, 6.07) is 0.572. The summed E-state index contributed by atoms with van der Waals surface area (Å²) in [4.78, 5) is 2.28. The maximum Gasteiger partial charge on any atom is 0.0767 e. The molecule has 3 heteroatoms. The van der Waals surface area contributed by atoms with Crippen molar-refractivity contribution >= 4 is 0 Å². The second-order valence-corrected chi connectivity index (χ2v) is 4.46. The van der Waals surface area contributed by atoms with E-state index in [0.717, 1.165) is 25.8 Å². The van der Waals surface area contributed by atoms with Gasteiger partial charge in [0.2, 0.25) is 0 Å². The molecule has 0 radical (unpaired) electrons. The van der Waals surface area contributed by atoms with Crippen LogP contribution in [0.25, 0.3) is 0 Å². The second-order valence-electron chi connectivity index (χ2n) is 4.46. The molecular weight excluding hydrogens is 176 g/mol. The van der Waals surface area contributed by atoms with E-state index >= 15 is 0 Å². The molecule has 0 aliphatic heterocycles. The van der Waals surface area contributed by atoms with Crippen molar-refractivity contribution in [2.75, 3.05) is 20.1 Å². The summed E-state index contributed by atoms with van der Waals surface area (Å²) in [7, 11) is 2.11. The predicted octanol–water partition coefficient (Wildman–Crippen LogP) is 1.21. The van der Waals surface area contributed by atoms with Crippen LogP contribution < -0.4 is 5.73 Å². The van der Waals surface area contributed by atoms with Gasteiger partial charge in [0.1, 0.15) is 0 Å². The Morgan fingerprint density at radius 1 is 1.43 bits per heavy atom. The molecule has 0 amide bonds. The Bertz CT molecular complexity index is 144. The molecule has 86 valence electrons. The lowest BCUT2D eigenvalue weighted by Gasteiger charge is -2.27. The number of nitrogens with two attached hydrogens (primary N) is 1. The van der Waals surface area contributed by atoms with Crippen molar-refractivity contribution in [3.63, 3.8) is 0 Å². The first-order chi connectivity index (χ1) is 6.45. The van der Waals surface area contributed by atoms with Gasteiger partial charge in [0.15, 0.2) is 0 Å². The number of rotatable bonds is 7. The molecule has 1 atom stereocenters. The smallest absolute Gasteiger partial charge is 0.0767 e. The Balaban J connectivity index is 3.72. The average molecular weight is 202 g/mol. The molecule has 0 aromatic heterocycles. The molecule has 0 saturated carbocycles. The predicted molar refractivity (Wildman–Crippen MR) is 61.3 cm³/mol. The van der Waals surface area contributed by atoms with Crippen molar-refractivity contribution in [1.29, 1.82) is 0 Å². The van der Waals surface area contributed by atoms with Gasteiger partial charge in [0.05, 0.1) is 5.60 Å². The minimum absolute atomic E-state index is 0.370. The lowest BCUT2D eigenvalue weighted by atomic mass is 9.95. The third kappa shape index (κ3) is 4.94. The Hall–Kier alpha value is -0.120. The minimum atomic E-state index is -0.641. The molecule has 3 N–H and O–H groups in total. The lowest BCUT2D eigenvalue weighted by molar-refractivity contribution is 0.0315. The van der Waals surface area contributed by atoms with Gasteiger partial charge in [-0.15, -0.1) is 0 Å². The van der Waals surface area contributed by atoms with E-state index < -0.39 is 5.60 Å². The zero-order valence-corrected chi connectivity index (χ0v) is 10.1.